The Labute approximate surface area is 213 Å². The van der Waals surface area contributed by atoms with Crippen molar-refractivity contribution in [3.05, 3.63) is 65.2 Å². The molecule has 3 atom stereocenters. The highest BCUT2D eigenvalue weighted by molar-refractivity contribution is 5.95. The molecule has 2 aliphatic rings. The van der Waals surface area contributed by atoms with Crippen LogP contribution in [0, 0.1) is 23.7 Å². The number of amides is 2. The maximum atomic E-state index is 12.8. The topological polar surface area (TPSA) is 85.9 Å². The van der Waals surface area contributed by atoms with Crippen molar-refractivity contribution in [2.24, 2.45) is 23.7 Å². The minimum absolute atomic E-state index is 0.0561. The van der Waals surface area contributed by atoms with Crippen LogP contribution in [-0.4, -0.2) is 32.3 Å². The van der Waals surface area contributed by atoms with Gasteiger partial charge in [-0.25, -0.2) is 0 Å². The van der Waals surface area contributed by atoms with Crippen LogP contribution < -0.4 is 24.8 Å². The molecule has 0 unspecified atom stereocenters. The van der Waals surface area contributed by atoms with Crippen LogP contribution in [0.3, 0.4) is 0 Å². The summed E-state index contributed by atoms with van der Waals surface area (Å²) in [6, 6.07) is 13.0. The monoisotopic (exact) mass is 492 g/mol. The third-order valence-electron chi connectivity index (χ3n) is 7.30. The van der Waals surface area contributed by atoms with Crippen LogP contribution in [0.1, 0.15) is 49.5 Å². The van der Waals surface area contributed by atoms with Gasteiger partial charge in [0.15, 0.2) is 11.5 Å². The molecule has 2 N–H and O–H groups in total. The van der Waals surface area contributed by atoms with Gasteiger partial charge in [0, 0.05) is 25.1 Å². The molecule has 0 radical (unpaired) electrons. The van der Waals surface area contributed by atoms with Crippen molar-refractivity contribution >= 4 is 11.8 Å². The molecule has 1 aliphatic heterocycles. The zero-order valence-corrected chi connectivity index (χ0v) is 21.5. The lowest BCUT2D eigenvalue weighted by molar-refractivity contribution is -0.122. The zero-order chi connectivity index (χ0) is 25.7. The Hall–Kier alpha value is -3.48. The number of rotatable bonds is 9. The predicted octanol–water partition coefficient (Wildman–Crippen LogP) is 4.71. The molecular formula is C29H36N2O5. The quantitative estimate of drug-likeness (QED) is 0.495. The Morgan fingerprint density at radius 2 is 1.81 bits per heavy atom. The van der Waals surface area contributed by atoms with Gasteiger partial charge in [-0.05, 0) is 72.9 Å². The Morgan fingerprint density at radius 1 is 1.06 bits per heavy atom. The molecule has 0 saturated heterocycles. The summed E-state index contributed by atoms with van der Waals surface area (Å²) >= 11 is 0. The highest BCUT2D eigenvalue weighted by Crippen LogP contribution is 2.39. The Bertz CT molecular complexity index is 1110. The summed E-state index contributed by atoms with van der Waals surface area (Å²) in [6.45, 7) is 7.78. The van der Waals surface area contributed by atoms with Crippen molar-refractivity contribution < 1.29 is 23.8 Å². The van der Waals surface area contributed by atoms with Gasteiger partial charge in [-0.15, -0.1) is 0 Å². The van der Waals surface area contributed by atoms with Crippen LogP contribution >= 0.6 is 0 Å². The van der Waals surface area contributed by atoms with Gasteiger partial charge in [0.1, 0.15) is 5.75 Å². The molecule has 7 heteroatoms. The minimum Gasteiger partial charge on any atom is -0.497 e. The van der Waals surface area contributed by atoms with Crippen LogP contribution in [0.15, 0.2) is 54.1 Å². The van der Waals surface area contributed by atoms with E-state index in [4.69, 9.17) is 14.2 Å². The van der Waals surface area contributed by atoms with Gasteiger partial charge < -0.3 is 24.8 Å². The number of hydrogen-bond acceptors (Lipinski definition) is 5. The van der Waals surface area contributed by atoms with Crippen molar-refractivity contribution in [2.45, 2.75) is 40.2 Å². The number of nitrogens with one attached hydrogen (secondary N) is 2. The first-order valence-corrected chi connectivity index (χ1v) is 12.6. The van der Waals surface area contributed by atoms with E-state index in [0.717, 1.165) is 17.7 Å². The van der Waals surface area contributed by atoms with Crippen LogP contribution in [0.2, 0.25) is 0 Å². The molecule has 4 rings (SSSR count). The van der Waals surface area contributed by atoms with Crippen molar-refractivity contribution in [1.82, 2.24) is 10.6 Å². The van der Waals surface area contributed by atoms with Crippen LogP contribution in [-0.2, 0) is 11.3 Å². The van der Waals surface area contributed by atoms with E-state index in [9.17, 15) is 9.59 Å². The second-order valence-corrected chi connectivity index (χ2v) is 10.0. The molecular weight excluding hydrogens is 456 g/mol. The van der Waals surface area contributed by atoms with E-state index in [2.05, 4.69) is 37.5 Å². The Morgan fingerprint density at radius 3 is 2.53 bits per heavy atom. The SMILES string of the molecule is COc1ccc(CNC(=O)C[C@@H]2C[C@@H](C(C)C)[C@H](CNC(=O)c3ccc4c(c3)OCO4)C=C2C)cc1. The summed E-state index contributed by atoms with van der Waals surface area (Å²) in [6.07, 6.45) is 3.66. The molecule has 7 nitrogen and oxygen atoms in total. The van der Waals surface area contributed by atoms with E-state index in [1.165, 1.54) is 5.57 Å². The predicted molar refractivity (Wildman–Crippen MR) is 138 cm³/mol. The van der Waals surface area contributed by atoms with Crippen LogP contribution in [0.4, 0.5) is 0 Å². The molecule has 0 aromatic heterocycles. The van der Waals surface area contributed by atoms with Gasteiger partial charge in [-0.1, -0.05) is 37.6 Å². The summed E-state index contributed by atoms with van der Waals surface area (Å²) in [5, 5.41) is 6.15. The minimum atomic E-state index is -0.123. The normalized spacial score (nSPS) is 20.6. The first-order valence-electron chi connectivity index (χ1n) is 12.6. The number of ether oxygens (including phenoxy) is 3. The Kier molecular flexibility index (Phi) is 8.18. The molecule has 0 saturated carbocycles. The first-order chi connectivity index (χ1) is 17.3. The van der Waals surface area contributed by atoms with Gasteiger partial charge in [0.2, 0.25) is 12.7 Å². The molecule has 2 aromatic carbocycles. The second-order valence-electron chi connectivity index (χ2n) is 10.0. The molecule has 192 valence electrons. The molecule has 1 aliphatic carbocycles. The molecule has 0 fully saturated rings. The lowest BCUT2D eigenvalue weighted by atomic mass is 9.69. The van der Waals surface area contributed by atoms with Gasteiger partial charge in [0.05, 0.1) is 7.11 Å². The summed E-state index contributed by atoms with van der Waals surface area (Å²) in [5.74, 6) is 3.24. The highest BCUT2D eigenvalue weighted by Gasteiger charge is 2.32. The third-order valence-corrected chi connectivity index (χ3v) is 7.30. The average Bonchev–Trinajstić information content (AvgIpc) is 3.35. The zero-order valence-electron chi connectivity index (χ0n) is 21.5. The largest absolute Gasteiger partial charge is 0.497 e. The number of allylic oxidation sites excluding steroid dienone is 1. The fraction of sp³-hybridized carbons (Fsp3) is 0.448. The summed E-state index contributed by atoms with van der Waals surface area (Å²) < 4.78 is 15.9. The first kappa shape index (κ1) is 25.6. The second kappa shape index (κ2) is 11.5. The van der Waals surface area contributed by atoms with Crippen LogP contribution in [0.5, 0.6) is 17.2 Å². The molecule has 1 heterocycles. The summed E-state index contributed by atoms with van der Waals surface area (Å²) in [7, 11) is 1.64. The van der Waals surface area contributed by atoms with E-state index in [1.807, 2.05) is 24.3 Å². The summed E-state index contributed by atoms with van der Waals surface area (Å²) in [5.41, 5.74) is 2.82. The smallest absolute Gasteiger partial charge is 0.251 e. The van der Waals surface area contributed by atoms with Gasteiger partial charge in [-0.2, -0.15) is 0 Å². The van der Waals surface area contributed by atoms with Crippen molar-refractivity contribution in [3.63, 3.8) is 0 Å². The van der Waals surface area contributed by atoms with Crippen molar-refractivity contribution in [3.8, 4) is 17.2 Å². The van der Waals surface area contributed by atoms with Crippen molar-refractivity contribution in [1.29, 1.82) is 0 Å². The Balaban J connectivity index is 1.32. The molecule has 2 aromatic rings. The highest BCUT2D eigenvalue weighted by atomic mass is 16.7. The molecule has 36 heavy (non-hydrogen) atoms. The van der Waals surface area contributed by atoms with Gasteiger partial charge in [-0.3, -0.25) is 9.59 Å². The van der Waals surface area contributed by atoms with E-state index in [1.54, 1.807) is 25.3 Å². The van der Waals surface area contributed by atoms with E-state index >= 15 is 0 Å². The third kappa shape index (κ3) is 6.20. The standard InChI is InChI=1S/C29H36N2O5/c1-18(2)25-12-22(14-28(32)30-15-20-5-8-24(34-4)9-6-20)19(3)11-23(25)16-31-29(33)21-7-10-26-27(13-21)36-17-35-26/h5-11,13,18,22-23,25H,12,14-17H2,1-4H3,(H,30,32)(H,31,33)/t22-,23-,25-/m0/s1. The van der Waals surface area contributed by atoms with Gasteiger partial charge >= 0.3 is 0 Å². The fourth-order valence-corrected chi connectivity index (χ4v) is 5.10. The van der Waals surface area contributed by atoms with Crippen LogP contribution in [0.25, 0.3) is 0 Å². The van der Waals surface area contributed by atoms with Crippen molar-refractivity contribution in [2.75, 3.05) is 20.4 Å². The van der Waals surface area contributed by atoms with Gasteiger partial charge in [0.25, 0.3) is 5.91 Å². The fourth-order valence-electron chi connectivity index (χ4n) is 5.10. The molecule has 0 spiro atoms. The lowest BCUT2D eigenvalue weighted by Gasteiger charge is -2.37. The lowest BCUT2D eigenvalue weighted by Crippen LogP contribution is -2.37. The number of carbonyl (C=O) groups is 2. The summed E-state index contributed by atoms with van der Waals surface area (Å²) in [4.78, 5) is 25.5. The van der Waals surface area contributed by atoms with E-state index in [-0.39, 0.29) is 30.4 Å². The van der Waals surface area contributed by atoms with E-state index in [0.29, 0.717) is 48.4 Å². The number of methoxy groups -OCH3 is 1. The number of carbonyl (C=O) groups excluding carboxylic acids is 2. The van der Waals surface area contributed by atoms with E-state index < -0.39 is 0 Å². The molecule has 2 amide bonds. The molecule has 0 bridgehead atoms. The maximum Gasteiger partial charge on any atom is 0.251 e. The number of fused-ring (bicyclic) bond motifs is 1. The maximum absolute atomic E-state index is 12.8. The number of hydrogen-bond donors (Lipinski definition) is 2. The number of benzene rings is 2. The average molecular weight is 493 g/mol.